The van der Waals surface area contributed by atoms with E-state index in [1.54, 1.807) is 0 Å². The molecule has 0 aliphatic heterocycles. The molecule has 0 radical (unpaired) electrons. The lowest BCUT2D eigenvalue weighted by molar-refractivity contribution is 0.265. The van der Waals surface area contributed by atoms with Crippen molar-refractivity contribution in [1.29, 1.82) is 0 Å². The average molecular weight is 221 g/mol. The zero-order chi connectivity index (χ0) is 12.0. The van der Waals surface area contributed by atoms with Gasteiger partial charge in [-0.2, -0.15) is 0 Å². The molecule has 1 heterocycles. The molecule has 0 aliphatic rings. The third kappa shape index (κ3) is 4.19. The van der Waals surface area contributed by atoms with Crippen molar-refractivity contribution >= 4 is 5.82 Å². The summed E-state index contributed by atoms with van der Waals surface area (Å²) in [4.78, 5) is 6.69. The number of pyridine rings is 1. The van der Waals surface area contributed by atoms with Crippen molar-refractivity contribution in [2.45, 2.75) is 39.8 Å². The van der Waals surface area contributed by atoms with Crippen molar-refractivity contribution in [1.82, 2.24) is 9.88 Å². The molecule has 16 heavy (non-hydrogen) atoms. The van der Waals surface area contributed by atoms with E-state index in [0.29, 0.717) is 6.04 Å². The summed E-state index contributed by atoms with van der Waals surface area (Å²) in [5.41, 5.74) is 1.26. The Balaban J connectivity index is 2.51. The Bertz CT molecular complexity index is 293. The summed E-state index contributed by atoms with van der Waals surface area (Å²) < 4.78 is 0. The fourth-order valence-electron chi connectivity index (χ4n) is 1.35. The molecule has 1 rings (SSSR count). The van der Waals surface area contributed by atoms with Gasteiger partial charge in [-0.25, -0.2) is 4.98 Å². The molecule has 1 aromatic heterocycles. The second-order valence-corrected chi connectivity index (χ2v) is 4.49. The fourth-order valence-corrected chi connectivity index (χ4v) is 1.35. The maximum Gasteiger partial charge on any atom is 0.125 e. The summed E-state index contributed by atoms with van der Waals surface area (Å²) in [7, 11) is 2.13. The van der Waals surface area contributed by atoms with Gasteiger partial charge in [-0.15, -0.1) is 0 Å². The largest absolute Gasteiger partial charge is 0.370 e. The summed E-state index contributed by atoms with van der Waals surface area (Å²) in [6.07, 6.45) is 3.08. The van der Waals surface area contributed by atoms with Crippen LogP contribution < -0.4 is 5.32 Å². The molecular formula is C13H23N3. The van der Waals surface area contributed by atoms with E-state index in [1.807, 2.05) is 6.20 Å². The predicted molar refractivity (Wildman–Crippen MR) is 69.6 cm³/mol. The lowest BCUT2D eigenvalue weighted by atomic mass is 10.2. The van der Waals surface area contributed by atoms with Gasteiger partial charge in [-0.3, -0.25) is 4.90 Å². The molecule has 90 valence electrons. The summed E-state index contributed by atoms with van der Waals surface area (Å²) >= 11 is 0. The van der Waals surface area contributed by atoms with Gasteiger partial charge < -0.3 is 5.32 Å². The Kier molecular flexibility index (Phi) is 5.26. The van der Waals surface area contributed by atoms with Crippen molar-refractivity contribution in [3.63, 3.8) is 0 Å². The molecule has 0 aromatic carbocycles. The van der Waals surface area contributed by atoms with Gasteiger partial charge in [-0.05, 0) is 38.9 Å². The molecule has 0 unspecified atom stereocenters. The monoisotopic (exact) mass is 221 g/mol. The minimum atomic E-state index is 0.567. The molecule has 0 saturated carbocycles. The standard InChI is InChI=1S/C13H23N3/c1-5-8-14-13-7-6-12(9-15-13)10-16(4)11(2)3/h6-7,9,11H,5,8,10H2,1-4H3,(H,14,15). The summed E-state index contributed by atoms with van der Waals surface area (Å²) in [6.45, 7) is 8.49. The number of hydrogen-bond acceptors (Lipinski definition) is 3. The maximum atomic E-state index is 4.39. The van der Waals surface area contributed by atoms with Gasteiger partial charge in [0.1, 0.15) is 5.82 Å². The van der Waals surface area contributed by atoms with Crippen LogP contribution in [0.5, 0.6) is 0 Å². The first kappa shape index (κ1) is 13.0. The molecule has 0 spiro atoms. The normalized spacial score (nSPS) is 11.1. The van der Waals surface area contributed by atoms with Crippen LogP contribution in [0.1, 0.15) is 32.8 Å². The molecule has 0 aliphatic carbocycles. The summed E-state index contributed by atoms with van der Waals surface area (Å²) in [6, 6.07) is 4.76. The van der Waals surface area contributed by atoms with Crippen molar-refractivity contribution in [2.75, 3.05) is 18.9 Å². The highest BCUT2D eigenvalue weighted by Gasteiger charge is 2.04. The van der Waals surface area contributed by atoms with E-state index in [4.69, 9.17) is 0 Å². The molecular weight excluding hydrogens is 198 g/mol. The van der Waals surface area contributed by atoms with Crippen LogP contribution in [0.3, 0.4) is 0 Å². The van der Waals surface area contributed by atoms with Crippen LogP contribution >= 0.6 is 0 Å². The number of hydrogen-bond donors (Lipinski definition) is 1. The van der Waals surface area contributed by atoms with E-state index < -0.39 is 0 Å². The van der Waals surface area contributed by atoms with E-state index in [-0.39, 0.29) is 0 Å². The first-order chi connectivity index (χ1) is 7.63. The van der Waals surface area contributed by atoms with E-state index in [1.165, 1.54) is 5.56 Å². The lowest BCUT2D eigenvalue weighted by Crippen LogP contribution is -2.25. The smallest absolute Gasteiger partial charge is 0.125 e. The average Bonchev–Trinajstić information content (AvgIpc) is 2.28. The quantitative estimate of drug-likeness (QED) is 0.800. The van der Waals surface area contributed by atoms with Crippen molar-refractivity contribution < 1.29 is 0 Å². The Labute approximate surface area is 98.9 Å². The molecule has 3 heteroatoms. The maximum absolute atomic E-state index is 4.39. The number of nitrogens with zero attached hydrogens (tertiary/aromatic N) is 2. The Morgan fingerprint density at radius 3 is 2.62 bits per heavy atom. The number of nitrogens with one attached hydrogen (secondary N) is 1. The topological polar surface area (TPSA) is 28.2 Å². The van der Waals surface area contributed by atoms with E-state index >= 15 is 0 Å². The number of anilines is 1. The first-order valence-corrected chi connectivity index (χ1v) is 6.02. The molecule has 0 fully saturated rings. The van der Waals surface area contributed by atoms with Crippen LogP contribution in [0, 0.1) is 0 Å². The molecule has 0 bridgehead atoms. The highest BCUT2D eigenvalue weighted by atomic mass is 15.1. The molecule has 1 N–H and O–H groups in total. The second-order valence-electron chi connectivity index (χ2n) is 4.49. The minimum Gasteiger partial charge on any atom is -0.370 e. The third-order valence-electron chi connectivity index (χ3n) is 2.69. The zero-order valence-electron chi connectivity index (χ0n) is 10.8. The molecule has 0 atom stereocenters. The van der Waals surface area contributed by atoms with E-state index in [9.17, 15) is 0 Å². The van der Waals surface area contributed by atoms with Crippen LogP contribution in [0.25, 0.3) is 0 Å². The summed E-state index contributed by atoms with van der Waals surface area (Å²) in [5.74, 6) is 0.970. The van der Waals surface area contributed by atoms with Crippen LogP contribution in [-0.4, -0.2) is 29.5 Å². The Morgan fingerprint density at radius 1 is 1.38 bits per heavy atom. The highest BCUT2D eigenvalue weighted by molar-refractivity contribution is 5.35. The van der Waals surface area contributed by atoms with Gasteiger partial charge in [-0.1, -0.05) is 13.0 Å². The van der Waals surface area contributed by atoms with Gasteiger partial charge in [0, 0.05) is 25.3 Å². The van der Waals surface area contributed by atoms with Crippen LogP contribution in [0.2, 0.25) is 0 Å². The molecule has 0 saturated heterocycles. The predicted octanol–water partition coefficient (Wildman–Crippen LogP) is 2.74. The van der Waals surface area contributed by atoms with Gasteiger partial charge in [0.2, 0.25) is 0 Å². The zero-order valence-corrected chi connectivity index (χ0v) is 10.8. The van der Waals surface area contributed by atoms with Crippen molar-refractivity contribution in [2.24, 2.45) is 0 Å². The second kappa shape index (κ2) is 6.48. The Morgan fingerprint density at radius 2 is 2.12 bits per heavy atom. The van der Waals surface area contributed by atoms with Crippen molar-refractivity contribution in [3.05, 3.63) is 23.9 Å². The van der Waals surface area contributed by atoms with Crippen LogP contribution in [0.4, 0.5) is 5.82 Å². The highest BCUT2D eigenvalue weighted by Crippen LogP contribution is 2.08. The third-order valence-corrected chi connectivity index (χ3v) is 2.69. The van der Waals surface area contributed by atoms with Crippen molar-refractivity contribution in [3.8, 4) is 0 Å². The number of rotatable bonds is 6. The summed E-state index contributed by atoms with van der Waals surface area (Å²) in [5, 5.41) is 3.27. The van der Waals surface area contributed by atoms with Gasteiger partial charge in [0.05, 0.1) is 0 Å². The van der Waals surface area contributed by atoms with E-state index in [0.717, 1.165) is 25.3 Å². The molecule has 3 nitrogen and oxygen atoms in total. The van der Waals surface area contributed by atoms with Crippen LogP contribution in [-0.2, 0) is 6.54 Å². The SMILES string of the molecule is CCCNc1ccc(CN(C)C(C)C)cn1. The van der Waals surface area contributed by atoms with Crippen LogP contribution in [0.15, 0.2) is 18.3 Å². The molecule has 1 aromatic rings. The molecule has 0 amide bonds. The van der Waals surface area contributed by atoms with Gasteiger partial charge in [0.25, 0.3) is 0 Å². The minimum absolute atomic E-state index is 0.567. The fraction of sp³-hybridized carbons (Fsp3) is 0.615. The number of aromatic nitrogens is 1. The first-order valence-electron chi connectivity index (χ1n) is 6.02. The van der Waals surface area contributed by atoms with E-state index in [2.05, 4.69) is 55.2 Å². The lowest BCUT2D eigenvalue weighted by Gasteiger charge is -2.20. The van der Waals surface area contributed by atoms with Gasteiger partial charge in [0.15, 0.2) is 0 Å². The Hall–Kier alpha value is -1.09. The van der Waals surface area contributed by atoms with Gasteiger partial charge >= 0.3 is 0 Å².